The summed E-state index contributed by atoms with van der Waals surface area (Å²) in [5.74, 6) is -0.901. The number of aliphatic hydroxyl groups excluding tert-OH is 2. The van der Waals surface area contributed by atoms with E-state index < -0.39 is 50.6 Å². The lowest BCUT2D eigenvalue weighted by molar-refractivity contribution is -0.161. The second-order valence-corrected chi connectivity index (χ2v) is 15.1. The first kappa shape index (κ1) is 44.4. The molecular formula is C36H65O11P. The van der Waals surface area contributed by atoms with Gasteiger partial charge >= 0.3 is 19.8 Å². The Bertz CT molecular complexity index is 964. The smallest absolute Gasteiger partial charge is 0.462 e. The molecular weight excluding hydrogens is 639 g/mol. The maximum atomic E-state index is 12.5. The number of phosphoric ester groups is 1. The van der Waals surface area contributed by atoms with Crippen LogP contribution < -0.4 is 0 Å². The SMILES string of the molecule is CCCCC[C@H](O)/C=C/[C@H]1C(=O)C[C@H](O)[C@@H]1CCCCCCC(=O)O[C@H](COC(=O)CCCCCCCCCC(C)C)COP(=O)(O)O. The number of ether oxygens (including phenoxy) is 2. The van der Waals surface area contributed by atoms with Gasteiger partial charge in [0.1, 0.15) is 12.4 Å². The topological polar surface area (TPSA) is 177 Å². The van der Waals surface area contributed by atoms with Crippen molar-refractivity contribution in [2.75, 3.05) is 13.2 Å². The summed E-state index contributed by atoms with van der Waals surface area (Å²) in [6.45, 7) is 5.61. The summed E-state index contributed by atoms with van der Waals surface area (Å²) in [6, 6.07) is 0. The first-order chi connectivity index (χ1) is 22.8. The number of unbranched alkanes of at least 4 members (excludes halogenated alkanes) is 11. The summed E-state index contributed by atoms with van der Waals surface area (Å²) in [4.78, 5) is 55.3. The van der Waals surface area contributed by atoms with Gasteiger partial charge in [0, 0.05) is 25.2 Å². The molecule has 0 radical (unpaired) electrons. The normalized spacial score (nSPS) is 19.7. The summed E-state index contributed by atoms with van der Waals surface area (Å²) >= 11 is 0. The molecule has 0 saturated heterocycles. The maximum Gasteiger partial charge on any atom is 0.469 e. The third-order valence-electron chi connectivity index (χ3n) is 8.87. The molecule has 0 aliphatic heterocycles. The molecule has 0 aromatic rings. The number of esters is 2. The number of Topliss-reactive ketones (excluding diaryl/α,β-unsaturated/α-hetero) is 1. The van der Waals surface area contributed by atoms with Crippen molar-refractivity contribution in [3.05, 3.63) is 12.2 Å². The van der Waals surface area contributed by atoms with Gasteiger partial charge in [-0.15, -0.1) is 0 Å². The van der Waals surface area contributed by atoms with E-state index >= 15 is 0 Å². The molecule has 0 spiro atoms. The number of allylic oxidation sites excluding steroid dienone is 1. The molecule has 0 bridgehead atoms. The minimum atomic E-state index is -4.81. The van der Waals surface area contributed by atoms with Crippen molar-refractivity contribution in [1.82, 2.24) is 0 Å². The van der Waals surface area contributed by atoms with E-state index in [0.717, 1.165) is 57.3 Å². The monoisotopic (exact) mass is 704 g/mol. The highest BCUT2D eigenvalue weighted by Gasteiger charge is 2.39. The number of hydrogen-bond acceptors (Lipinski definition) is 9. The first-order valence-electron chi connectivity index (χ1n) is 18.4. The molecule has 0 unspecified atom stereocenters. The standard InChI is InChI=1S/C36H65O11P/c1-4-5-13-19-29(37)23-24-32-31(33(38)25-34(32)39)20-15-11-12-17-22-36(41)47-30(27-46-48(42,43)44)26-45-35(40)21-16-10-8-6-7-9-14-18-28(2)3/h23-24,28-33,37-38H,4-22,25-27H2,1-3H3,(H2,42,43,44)/b24-23+/t29-,30+,31+,32+,33-/m0/s1. The quantitative estimate of drug-likeness (QED) is 0.0270. The Morgan fingerprint density at radius 1 is 0.854 bits per heavy atom. The second-order valence-electron chi connectivity index (χ2n) is 13.8. The number of phosphoric acid groups is 1. The van der Waals surface area contributed by atoms with Crippen LogP contribution >= 0.6 is 7.82 Å². The van der Waals surface area contributed by atoms with Crippen LogP contribution in [0.2, 0.25) is 0 Å². The average Bonchev–Trinajstić information content (AvgIpc) is 3.28. The molecule has 1 aliphatic carbocycles. The van der Waals surface area contributed by atoms with Crippen molar-refractivity contribution >= 4 is 25.5 Å². The largest absolute Gasteiger partial charge is 0.469 e. The molecule has 0 aromatic carbocycles. The van der Waals surface area contributed by atoms with Gasteiger partial charge in [0.25, 0.3) is 0 Å². The average molecular weight is 705 g/mol. The minimum Gasteiger partial charge on any atom is -0.462 e. The Labute approximate surface area is 288 Å². The Morgan fingerprint density at radius 3 is 2.06 bits per heavy atom. The zero-order valence-corrected chi connectivity index (χ0v) is 30.7. The predicted octanol–water partition coefficient (Wildman–Crippen LogP) is 7.12. The third kappa shape index (κ3) is 22.9. The highest BCUT2D eigenvalue weighted by molar-refractivity contribution is 7.46. The van der Waals surface area contributed by atoms with Crippen LogP contribution in [0, 0.1) is 17.8 Å². The lowest BCUT2D eigenvalue weighted by atomic mass is 9.88. The summed E-state index contributed by atoms with van der Waals surface area (Å²) in [5, 5.41) is 20.6. The van der Waals surface area contributed by atoms with Crippen LogP contribution in [0.15, 0.2) is 12.2 Å². The molecule has 280 valence electrons. The molecule has 1 aliphatic rings. The van der Waals surface area contributed by atoms with Gasteiger partial charge in [-0.05, 0) is 37.5 Å². The van der Waals surface area contributed by atoms with Crippen molar-refractivity contribution in [2.45, 2.75) is 167 Å². The van der Waals surface area contributed by atoms with Crippen molar-refractivity contribution in [1.29, 1.82) is 0 Å². The first-order valence-corrected chi connectivity index (χ1v) is 20.0. The number of carbonyl (C=O) groups is 3. The summed E-state index contributed by atoms with van der Waals surface area (Å²) in [7, 11) is -4.81. The molecule has 1 saturated carbocycles. The van der Waals surface area contributed by atoms with Gasteiger partial charge in [0.2, 0.25) is 0 Å². The molecule has 11 nitrogen and oxygen atoms in total. The van der Waals surface area contributed by atoms with E-state index in [0.29, 0.717) is 32.1 Å². The summed E-state index contributed by atoms with van der Waals surface area (Å²) in [6.07, 6.45) is 17.3. The molecule has 12 heteroatoms. The molecule has 0 aromatic heterocycles. The summed E-state index contributed by atoms with van der Waals surface area (Å²) in [5.41, 5.74) is 0. The van der Waals surface area contributed by atoms with Crippen LogP contribution in [0.5, 0.6) is 0 Å². The highest BCUT2D eigenvalue weighted by atomic mass is 31.2. The lowest BCUT2D eigenvalue weighted by Gasteiger charge is -2.19. The Balaban J connectivity index is 2.35. The fourth-order valence-electron chi connectivity index (χ4n) is 6.05. The van der Waals surface area contributed by atoms with E-state index in [1.807, 2.05) is 0 Å². The van der Waals surface area contributed by atoms with Gasteiger partial charge in [-0.2, -0.15) is 0 Å². The van der Waals surface area contributed by atoms with E-state index in [2.05, 4.69) is 25.3 Å². The van der Waals surface area contributed by atoms with Crippen LogP contribution in [-0.2, 0) is 32.9 Å². The molecule has 5 atom stereocenters. The van der Waals surface area contributed by atoms with Gasteiger partial charge in [-0.1, -0.05) is 116 Å². The number of hydrogen-bond donors (Lipinski definition) is 4. The van der Waals surface area contributed by atoms with Crippen molar-refractivity contribution in [3.63, 3.8) is 0 Å². The molecule has 0 heterocycles. The van der Waals surface area contributed by atoms with Gasteiger partial charge < -0.3 is 29.5 Å². The van der Waals surface area contributed by atoms with E-state index in [-0.39, 0.29) is 37.6 Å². The summed E-state index contributed by atoms with van der Waals surface area (Å²) < 4.78 is 26.2. The van der Waals surface area contributed by atoms with Crippen molar-refractivity contribution in [3.8, 4) is 0 Å². The Hall–Kier alpha value is -1.62. The zero-order chi connectivity index (χ0) is 35.8. The molecule has 4 N–H and O–H groups in total. The second kappa shape index (κ2) is 26.2. The third-order valence-corrected chi connectivity index (χ3v) is 9.35. The van der Waals surface area contributed by atoms with Crippen molar-refractivity contribution < 1.29 is 52.9 Å². The van der Waals surface area contributed by atoms with Crippen LogP contribution in [0.3, 0.4) is 0 Å². The number of aliphatic hydroxyl groups is 2. The predicted molar refractivity (Wildman–Crippen MR) is 185 cm³/mol. The maximum absolute atomic E-state index is 12.5. The van der Waals surface area contributed by atoms with Crippen molar-refractivity contribution in [2.24, 2.45) is 17.8 Å². The molecule has 1 rings (SSSR count). The molecule has 48 heavy (non-hydrogen) atoms. The number of ketones is 1. The fourth-order valence-corrected chi connectivity index (χ4v) is 6.41. The van der Waals surface area contributed by atoms with Gasteiger partial charge in [-0.3, -0.25) is 18.9 Å². The van der Waals surface area contributed by atoms with Gasteiger partial charge in [0.05, 0.1) is 18.8 Å². The van der Waals surface area contributed by atoms with Gasteiger partial charge in [-0.25, -0.2) is 4.57 Å². The molecule has 1 fully saturated rings. The number of rotatable bonds is 29. The minimum absolute atomic E-state index is 0.00605. The van der Waals surface area contributed by atoms with Crippen LogP contribution in [0.4, 0.5) is 0 Å². The van der Waals surface area contributed by atoms with Crippen LogP contribution in [0.25, 0.3) is 0 Å². The fraction of sp³-hybridized carbons (Fsp3) is 0.861. The Morgan fingerprint density at radius 2 is 1.44 bits per heavy atom. The van der Waals surface area contributed by atoms with Crippen LogP contribution in [0.1, 0.15) is 149 Å². The zero-order valence-electron chi connectivity index (χ0n) is 29.8. The lowest BCUT2D eigenvalue weighted by Crippen LogP contribution is -2.29. The Kier molecular flexibility index (Phi) is 24.3. The van der Waals surface area contributed by atoms with E-state index in [9.17, 15) is 29.2 Å². The van der Waals surface area contributed by atoms with E-state index in [1.165, 1.54) is 25.7 Å². The molecule has 0 amide bonds. The number of carbonyl (C=O) groups excluding carboxylic acids is 3. The van der Waals surface area contributed by atoms with E-state index in [4.69, 9.17) is 19.3 Å². The highest BCUT2D eigenvalue weighted by Crippen LogP contribution is 2.36. The van der Waals surface area contributed by atoms with Gasteiger partial charge in [0.15, 0.2) is 6.10 Å². The van der Waals surface area contributed by atoms with Crippen LogP contribution in [-0.4, -0.2) is 69.2 Å². The van der Waals surface area contributed by atoms with E-state index in [1.54, 1.807) is 12.2 Å².